The Labute approximate surface area is 198 Å². The van der Waals surface area contributed by atoms with Crippen molar-refractivity contribution in [3.63, 3.8) is 0 Å². The molecule has 33 heavy (non-hydrogen) atoms. The van der Waals surface area contributed by atoms with E-state index < -0.39 is 0 Å². The molecule has 1 heterocycles. The third-order valence-electron chi connectivity index (χ3n) is 6.77. The summed E-state index contributed by atoms with van der Waals surface area (Å²) in [6.45, 7) is 14.1. The number of benzene rings is 4. The highest BCUT2D eigenvalue weighted by atomic mass is 15.3. The zero-order valence-electron chi connectivity index (χ0n) is 20.5. The zero-order valence-corrected chi connectivity index (χ0v) is 20.5. The van der Waals surface area contributed by atoms with Crippen molar-refractivity contribution in [3.05, 3.63) is 106 Å². The number of hydrogen-bond acceptors (Lipinski definition) is 2. The van der Waals surface area contributed by atoms with Crippen LogP contribution in [0.1, 0.15) is 33.4 Å². The summed E-state index contributed by atoms with van der Waals surface area (Å²) in [5, 5.41) is 0. The number of anilines is 4. The second-order valence-electron chi connectivity index (χ2n) is 9.53. The van der Waals surface area contributed by atoms with Crippen molar-refractivity contribution in [1.29, 1.82) is 0 Å². The lowest BCUT2D eigenvalue weighted by Crippen LogP contribution is -2.33. The first-order valence-corrected chi connectivity index (χ1v) is 11.7. The van der Waals surface area contributed by atoms with Gasteiger partial charge in [-0.2, -0.15) is 0 Å². The van der Waals surface area contributed by atoms with Crippen molar-refractivity contribution in [1.82, 2.24) is 0 Å². The largest absolute Gasteiger partial charge is 0.322 e. The van der Waals surface area contributed by atoms with E-state index in [2.05, 4.69) is 124 Å². The summed E-state index contributed by atoms with van der Waals surface area (Å²) in [5.74, 6) is 0. The van der Waals surface area contributed by atoms with Gasteiger partial charge in [0.2, 0.25) is 0 Å². The Bertz CT molecular complexity index is 1210. The van der Waals surface area contributed by atoms with E-state index in [9.17, 15) is 0 Å². The first-order valence-electron chi connectivity index (χ1n) is 11.7. The molecule has 0 radical (unpaired) electrons. The Kier molecular flexibility index (Phi) is 5.25. The Hall–Kier alpha value is -3.52. The van der Waals surface area contributed by atoms with Crippen LogP contribution in [0.25, 0.3) is 11.1 Å². The molecule has 0 saturated heterocycles. The van der Waals surface area contributed by atoms with Gasteiger partial charge in [0.15, 0.2) is 0 Å². The number of aryl methyl sites for hydroxylation is 6. The molecule has 1 aliphatic rings. The third-order valence-corrected chi connectivity index (χ3v) is 6.77. The van der Waals surface area contributed by atoms with Crippen LogP contribution in [-0.2, 0) is 0 Å². The molecule has 2 nitrogen and oxygen atoms in total. The number of nitrogens with zero attached hydrogens (tertiary/aromatic N) is 2. The fourth-order valence-electron chi connectivity index (χ4n) is 5.75. The average molecular weight is 433 g/mol. The maximum Gasteiger partial charge on any atom is 0.100 e. The molecule has 0 aromatic heterocycles. The summed E-state index contributed by atoms with van der Waals surface area (Å²) in [6, 6.07) is 26.9. The SMILES string of the molecule is Cc1cc(C)c(N2CN(c3c(C)cc(C)cc3C)c3ccccc3-c3ccccc32)c(C)c1. The van der Waals surface area contributed by atoms with Gasteiger partial charge in [-0.25, -0.2) is 0 Å². The fraction of sp³-hybridized carbons (Fsp3) is 0.226. The van der Waals surface area contributed by atoms with Gasteiger partial charge >= 0.3 is 0 Å². The van der Waals surface area contributed by atoms with Gasteiger partial charge in [0.05, 0.1) is 11.4 Å². The van der Waals surface area contributed by atoms with Crippen LogP contribution in [-0.4, -0.2) is 6.67 Å². The van der Waals surface area contributed by atoms with E-state index in [0.29, 0.717) is 0 Å². The first kappa shape index (κ1) is 21.3. The van der Waals surface area contributed by atoms with Crippen molar-refractivity contribution >= 4 is 22.7 Å². The van der Waals surface area contributed by atoms with E-state index in [1.807, 2.05) is 0 Å². The summed E-state index contributed by atoms with van der Waals surface area (Å²) in [4.78, 5) is 5.02. The number of para-hydroxylation sites is 2. The van der Waals surface area contributed by atoms with E-state index in [4.69, 9.17) is 0 Å². The van der Waals surface area contributed by atoms with Gasteiger partial charge in [0.1, 0.15) is 6.67 Å². The molecule has 1 aliphatic heterocycles. The van der Waals surface area contributed by atoms with Crippen molar-refractivity contribution in [2.45, 2.75) is 41.5 Å². The minimum Gasteiger partial charge on any atom is -0.322 e. The topological polar surface area (TPSA) is 6.48 Å². The second-order valence-corrected chi connectivity index (χ2v) is 9.53. The summed E-state index contributed by atoms with van der Waals surface area (Å²) in [6.07, 6.45) is 0. The normalized spacial score (nSPS) is 12.9. The average Bonchev–Trinajstić information content (AvgIpc) is 2.89. The van der Waals surface area contributed by atoms with E-state index in [0.717, 1.165) is 6.67 Å². The third kappa shape index (κ3) is 3.60. The maximum atomic E-state index is 2.51. The smallest absolute Gasteiger partial charge is 0.100 e. The van der Waals surface area contributed by atoms with Crippen LogP contribution < -0.4 is 9.80 Å². The van der Waals surface area contributed by atoms with Crippen LogP contribution in [0.5, 0.6) is 0 Å². The molecule has 0 atom stereocenters. The molecule has 0 amide bonds. The highest BCUT2D eigenvalue weighted by Crippen LogP contribution is 2.47. The summed E-state index contributed by atoms with van der Waals surface area (Å²) < 4.78 is 0. The Morgan fingerprint density at radius 2 is 0.818 bits per heavy atom. The Balaban J connectivity index is 1.82. The molecule has 4 aromatic rings. The molecular weight excluding hydrogens is 400 g/mol. The van der Waals surface area contributed by atoms with Crippen molar-refractivity contribution in [2.75, 3.05) is 16.5 Å². The van der Waals surface area contributed by atoms with Gasteiger partial charge in [-0.05, 0) is 75.9 Å². The maximum absolute atomic E-state index is 2.51. The monoisotopic (exact) mass is 432 g/mol. The van der Waals surface area contributed by atoms with Gasteiger partial charge in [-0.3, -0.25) is 0 Å². The molecule has 0 N–H and O–H groups in total. The number of fused-ring (bicyclic) bond motifs is 3. The minimum absolute atomic E-state index is 0.753. The Morgan fingerprint density at radius 1 is 0.485 bits per heavy atom. The highest BCUT2D eigenvalue weighted by molar-refractivity contribution is 5.94. The van der Waals surface area contributed by atoms with Crippen molar-refractivity contribution in [3.8, 4) is 11.1 Å². The first-order chi connectivity index (χ1) is 15.8. The summed E-state index contributed by atoms with van der Waals surface area (Å²) in [7, 11) is 0. The van der Waals surface area contributed by atoms with Crippen LogP contribution in [0.4, 0.5) is 22.7 Å². The van der Waals surface area contributed by atoms with Crippen LogP contribution in [0.15, 0.2) is 72.8 Å². The second kappa shape index (κ2) is 8.12. The van der Waals surface area contributed by atoms with Gasteiger partial charge in [0, 0.05) is 22.5 Å². The van der Waals surface area contributed by atoms with Crippen molar-refractivity contribution in [2.24, 2.45) is 0 Å². The lowest BCUT2D eigenvalue weighted by Gasteiger charge is -2.35. The summed E-state index contributed by atoms with van der Waals surface area (Å²) in [5.41, 5.74) is 15.5. The lowest BCUT2D eigenvalue weighted by molar-refractivity contribution is 0.918. The highest BCUT2D eigenvalue weighted by Gasteiger charge is 2.29. The zero-order chi connectivity index (χ0) is 23.3. The molecular formula is C31H32N2. The van der Waals surface area contributed by atoms with E-state index in [1.54, 1.807) is 0 Å². The van der Waals surface area contributed by atoms with Gasteiger partial charge in [-0.1, -0.05) is 71.8 Å². The molecule has 0 bridgehead atoms. The molecule has 4 aromatic carbocycles. The predicted molar refractivity (Wildman–Crippen MR) is 142 cm³/mol. The Morgan fingerprint density at radius 3 is 1.18 bits per heavy atom. The molecule has 166 valence electrons. The van der Waals surface area contributed by atoms with E-state index >= 15 is 0 Å². The molecule has 0 spiro atoms. The fourth-order valence-corrected chi connectivity index (χ4v) is 5.75. The number of hydrogen-bond donors (Lipinski definition) is 0. The molecule has 0 aliphatic carbocycles. The predicted octanol–water partition coefficient (Wildman–Crippen LogP) is 8.45. The molecule has 0 fully saturated rings. The quantitative estimate of drug-likeness (QED) is 0.313. The minimum atomic E-state index is 0.753. The van der Waals surface area contributed by atoms with Gasteiger partial charge in [-0.15, -0.1) is 0 Å². The standard InChI is InChI=1S/C31H32N2/c1-20-15-22(3)30(23(4)16-20)32-19-33(31-24(5)17-21(2)18-25(31)6)29-14-10-8-12-27(29)26-11-7-9-13-28(26)32/h7-18H,19H2,1-6H3. The molecule has 5 rings (SSSR count). The number of rotatable bonds is 2. The molecule has 0 unspecified atom stereocenters. The van der Waals surface area contributed by atoms with Crippen LogP contribution >= 0.6 is 0 Å². The molecule has 0 saturated carbocycles. The van der Waals surface area contributed by atoms with Gasteiger partial charge < -0.3 is 9.80 Å². The van der Waals surface area contributed by atoms with Crippen LogP contribution in [0.3, 0.4) is 0 Å². The lowest BCUT2D eigenvalue weighted by atomic mass is 9.99. The van der Waals surface area contributed by atoms with Crippen LogP contribution in [0.2, 0.25) is 0 Å². The molecule has 2 heteroatoms. The summed E-state index contributed by atoms with van der Waals surface area (Å²) >= 11 is 0. The van der Waals surface area contributed by atoms with E-state index in [1.165, 1.54) is 67.3 Å². The van der Waals surface area contributed by atoms with Gasteiger partial charge in [0.25, 0.3) is 0 Å². The van der Waals surface area contributed by atoms with Crippen molar-refractivity contribution < 1.29 is 0 Å². The van der Waals surface area contributed by atoms with Crippen LogP contribution in [0, 0.1) is 41.5 Å². The van der Waals surface area contributed by atoms with E-state index in [-0.39, 0.29) is 0 Å².